The second kappa shape index (κ2) is 9.76. The Morgan fingerprint density at radius 3 is 2.30 bits per heavy atom. The maximum atomic E-state index is 11.7. The molecule has 154 valence electrons. The number of pyridine rings is 1. The van der Waals surface area contributed by atoms with E-state index in [4.69, 9.17) is 0 Å². The zero-order valence-electron chi connectivity index (χ0n) is 17.1. The van der Waals surface area contributed by atoms with Gasteiger partial charge in [-0.05, 0) is 60.7 Å². The molecule has 2 aromatic carbocycles. The normalized spacial score (nSPS) is 10.8. The van der Waals surface area contributed by atoms with Crippen LogP contribution in [-0.4, -0.2) is 48.3 Å². The van der Waals surface area contributed by atoms with Gasteiger partial charge >= 0.3 is 5.82 Å². The summed E-state index contributed by atoms with van der Waals surface area (Å²) < 4.78 is 0. The Hall–Kier alpha value is -3.58. The first-order valence-corrected chi connectivity index (χ1v) is 9.68. The molecule has 1 heterocycles. The molecule has 0 N–H and O–H groups in total. The zero-order valence-corrected chi connectivity index (χ0v) is 17.1. The Morgan fingerprint density at radius 1 is 0.933 bits per heavy atom. The first-order valence-electron chi connectivity index (χ1n) is 9.68. The fourth-order valence-corrected chi connectivity index (χ4v) is 3.44. The largest absolute Gasteiger partial charge is 0.387 e. The van der Waals surface area contributed by atoms with Crippen LogP contribution in [0.2, 0.25) is 0 Å². The number of anilines is 2. The van der Waals surface area contributed by atoms with E-state index in [1.54, 1.807) is 18.2 Å². The number of carbonyl (C=O) groups is 1. The molecule has 0 aliphatic heterocycles. The van der Waals surface area contributed by atoms with E-state index in [9.17, 15) is 14.9 Å². The summed E-state index contributed by atoms with van der Waals surface area (Å²) in [6.07, 6.45) is 3.05. The van der Waals surface area contributed by atoms with E-state index in [0.717, 1.165) is 36.1 Å². The van der Waals surface area contributed by atoms with Crippen molar-refractivity contribution in [1.29, 1.82) is 0 Å². The van der Waals surface area contributed by atoms with Gasteiger partial charge in [0, 0.05) is 23.4 Å². The summed E-state index contributed by atoms with van der Waals surface area (Å²) in [5.41, 5.74) is 3.41. The molecule has 0 radical (unpaired) electrons. The molecule has 0 bridgehead atoms. The SMILES string of the molecule is CN(C)CCCN(c1ccccc1-c1ccccc1C=O)c1cccnc1[N+](=O)[O-]. The highest BCUT2D eigenvalue weighted by atomic mass is 16.6. The Morgan fingerprint density at radius 2 is 1.60 bits per heavy atom. The highest BCUT2D eigenvalue weighted by Crippen LogP contribution is 2.39. The van der Waals surface area contributed by atoms with Crippen LogP contribution >= 0.6 is 0 Å². The molecule has 7 nitrogen and oxygen atoms in total. The predicted molar refractivity (Wildman–Crippen MR) is 118 cm³/mol. The highest BCUT2D eigenvalue weighted by molar-refractivity contribution is 5.93. The van der Waals surface area contributed by atoms with Crippen LogP contribution in [0.25, 0.3) is 11.1 Å². The Bertz CT molecular complexity index is 1040. The van der Waals surface area contributed by atoms with Crippen LogP contribution in [0.5, 0.6) is 0 Å². The zero-order chi connectivity index (χ0) is 21.5. The van der Waals surface area contributed by atoms with E-state index in [-0.39, 0.29) is 5.82 Å². The summed E-state index contributed by atoms with van der Waals surface area (Å²) in [5.74, 6) is -0.194. The van der Waals surface area contributed by atoms with Crippen molar-refractivity contribution in [3.8, 4) is 11.1 Å². The fourth-order valence-electron chi connectivity index (χ4n) is 3.44. The number of para-hydroxylation sites is 1. The highest BCUT2D eigenvalue weighted by Gasteiger charge is 2.24. The Kier molecular flexibility index (Phi) is 6.87. The van der Waals surface area contributed by atoms with Gasteiger partial charge < -0.3 is 19.9 Å². The maximum absolute atomic E-state index is 11.7. The summed E-state index contributed by atoms with van der Waals surface area (Å²) >= 11 is 0. The van der Waals surface area contributed by atoms with Crippen molar-refractivity contribution < 1.29 is 9.72 Å². The van der Waals surface area contributed by atoms with E-state index in [1.165, 1.54) is 6.20 Å². The van der Waals surface area contributed by atoms with Crippen molar-refractivity contribution in [2.24, 2.45) is 0 Å². The van der Waals surface area contributed by atoms with Gasteiger partial charge in [0.2, 0.25) is 0 Å². The summed E-state index contributed by atoms with van der Waals surface area (Å²) in [5, 5.41) is 11.7. The Labute approximate surface area is 175 Å². The molecule has 3 rings (SSSR count). The standard InChI is InChI=1S/C23H24N4O3/c1-25(2)15-8-16-26(22-13-7-14-24-23(22)27(29)30)21-12-6-5-11-20(21)19-10-4-3-9-18(19)17-28/h3-7,9-14,17H,8,15-16H2,1-2H3. The third-order valence-electron chi connectivity index (χ3n) is 4.79. The lowest BCUT2D eigenvalue weighted by atomic mass is 9.98. The number of benzene rings is 2. The summed E-state index contributed by atoms with van der Waals surface area (Å²) in [7, 11) is 3.98. The minimum absolute atomic E-state index is 0.194. The van der Waals surface area contributed by atoms with E-state index in [2.05, 4.69) is 9.88 Å². The van der Waals surface area contributed by atoms with E-state index in [1.807, 2.05) is 61.5 Å². The lowest BCUT2D eigenvalue weighted by Crippen LogP contribution is -2.24. The molecule has 0 amide bonds. The third kappa shape index (κ3) is 4.69. The predicted octanol–water partition coefficient (Wildman–Crippen LogP) is 4.56. The quantitative estimate of drug-likeness (QED) is 0.295. The second-order valence-corrected chi connectivity index (χ2v) is 7.13. The van der Waals surface area contributed by atoms with Crippen LogP contribution in [0, 0.1) is 10.1 Å². The molecular formula is C23H24N4O3. The van der Waals surface area contributed by atoms with Crippen molar-refractivity contribution in [2.75, 3.05) is 32.1 Å². The van der Waals surface area contributed by atoms with Crippen molar-refractivity contribution >= 4 is 23.5 Å². The van der Waals surface area contributed by atoms with Crippen LogP contribution < -0.4 is 4.90 Å². The van der Waals surface area contributed by atoms with Crippen LogP contribution in [0.15, 0.2) is 66.9 Å². The molecule has 30 heavy (non-hydrogen) atoms. The maximum Gasteiger partial charge on any atom is 0.387 e. The van der Waals surface area contributed by atoms with Gasteiger partial charge in [-0.1, -0.05) is 42.5 Å². The minimum atomic E-state index is -0.462. The van der Waals surface area contributed by atoms with Crippen molar-refractivity contribution in [2.45, 2.75) is 6.42 Å². The summed E-state index contributed by atoms with van der Waals surface area (Å²) in [6, 6.07) is 18.4. The number of aldehydes is 1. The molecule has 0 saturated carbocycles. The molecule has 0 unspecified atom stereocenters. The van der Waals surface area contributed by atoms with Crippen molar-refractivity contribution in [3.63, 3.8) is 0 Å². The van der Waals surface area contributed by atoms with Gasteiger partial charge in [0.05, 0.1) is 0 Å². The number of aromatic nitrogens is 1. The van der Waals surface area contributed by atoms with Gasteiger partial charge in [0.15, 0.2) is 6.29 Å². The van der Waals surface area contributed by atoms with Crippen molar-refractivity contribution in [1.82, 2.24) is 9.88 Å². The minimum Gasteiger partial charge on any atom is -0.358 e. The molecule has 0 aliphatic carbocycles. The monoisotopic (exact) mass is 404 g/mol. The number of rotatable bonds is 9. The van der Waals surface area contributed by atoms with E-state index in [0.29, 0.717) is 17.8 Å². The lowest BCUT2D eigenvalue weighted by molar-refractivity contribution is -0.388. The van der Waals surface area contributed by atoms with Crippen LogP contribution in [0.4, 0.5) is 17.2 Å². The number of nitro groups is 1. The van der Waals surface area contributed by atoms with Gasteiger partial charge in [-0.2, -0.15) is 0 Å². The molecule has 1 aromatic heterocycles. The van der Waals surface area contributed by atoms with Gasteiger partial charge in [-0.25, -0.2) is 0 Å². The topological polar surface area (TPSA) is 79.6 Å². The first-order chi connectivity index (χ1) is 14.5. The molecule has 0 atom stereocenters. The van der Waals surface area contributed by atoms with Gasteiger partial charge in [-0.15, -0.1) is 0 Å². The number of hydrogen-bond donors (Lipinski definition) is 0. The van der Waals surface area contributed by atoms with E-state index < -0.39 is 4.92 Å². The van der Waals surface area contributed by atoms with Gasteiger partial charge in [-0.3, -0.25) is 4.79 Å². The first kappa shape index (κ1) is 21.1. The molecule has 7 heteroatoms. The van der Waals surface area contributed by atoms with Gasteiger partial charge in [0.1, 0.15) is 11.9 Å². The summed E-state index contributed by atoms with van der Waals surface area (Å²) in [6.45, 7) is 1.39. The van der Waals surface area contributed by atoms with Crippen LogP contribution in [0.3, 0.4) is 0 Å². The van der Waals surface area contributed by atoms with Crippen LogP contribution in [-0.2, 0) is 0 Å². The third-order valence-corrected chi connectivity index (χ3v) is 4.79. The summed E-state index contributed by atoms with van der Waals surface area (Å²) in [4.78, 5) is 30.8. The van der Waals surface area contributed by atoms with Gasteiger partial charge in [0.25, 0.3) is 0 Å². The molecule has 0 spiro atoms. The average molecular weight is 404 g/mol. The number of carbonyl (C=O) groups excluding carboxylic acids is 1. The molecule has 0 saturated heterocycles. The number of hydrogen-bond acceptors (Lipinski definition) is 6. The lowest BCUT2D eigenvalue weighted by Gasteiger charge is -2.27. The molecule has 3 aromatic rings. The fraction of sp³-hybridized carbons (Fsp3) is 0.217. The number of nitrogens with zero attached hydrogens (tertiary/aromatic N) is 4. The Balaban J connectivity index is 2.16. The van der Waals surface area contributed by atoms with E-state index >= 15 is 0 Å². The van der Waals surface area contributed by atoms with Crippen molar-refractivity contribution in [3.05, 3.63) is 82.5 Å². The average Bonchev–Trinajstić information content (AvgIpc) is 2.76. The molecule has 0 fully saturated rings. The second-order valence-electron chi connectivity index (χ2n) is 7.13. The smallest absolute Gasteiger partial charge is 0.358 e. The molecule has 0 aliphatic rings. The van der Waals surface area contributed by atoms with Crippen LogP contribution in [0.1, 0.15) is 16.8 Å². The molecular weight excluding hydrogens is 380 g/mol.